The van der Waals surface area contributed by atoms with Gasteiger partial charge in [-0.25, -0.2) is 5.43 Å². The van der Waals surface area contributed by atoms with Crippen LogP contribution in [0.1, 0.15) is 4.88 Å². The minimum atomic E-state index is -0.407. The molecule has 3 rings (SSSR count). The van der Waals surface area contributed by atoms with Crippen molar-refractivity contribution in [1.82, 2.24) is 25.6 Å². The van der Waals surface area contributed by atoms with Crippen LogP contribution in [0.2, 0.25) is 0 Å². The zero-order chi connectivity index (χ0) is 16.1. The number of amides is 1. The minimum absolute atomic E-state index is 0.115. The van der Waals surface area contributed by atoms with Crippen LogP contribution in [-0.2, 0) is 11.3 Å². The summed E-state index contributed by atoms with van der Waals surface area (Å²) in [5.74, 6) is 0.0336. The Morgan fingerprint density at radius 3 is 2.87 bits per heavy atom. The quantitative estimate of drug-likeness (QED) is 0.570. The highest BCUT2D eigenvalue weighted by atomic mass is 32.1. The third-order valence-corrected chi connectivity index (χ3v) is 3.55. The number of halogens is 1. The van der Waals surface area contributed by atoms with E-state index in [1.807, 2.05) is 30.3 Å². The molecule has 0 aliphatic carbocycles. The normalized spacial score (nSPS) is 11.0. The minimum Gasteiger partial charge on any atom is -0.271 e. The molecule has 0 fully saturated rings. The Kier molecular flexibility index (Phi) is 4.48. The second-order valence-corrected chi connectivity index (χ2v) is 5.51. The van der Waals surface area contributed by atoms with Gasteiger partial charge in [-0.05, 0) is 17.3 Å². The number of aromatic nitrogens is 4. The van der Waals surface area contributed by atoms with Crippen LogP contribution < -0.4 is 5.43 Å². The summed E-state index contributed by atoms with van der Waals surface area (Å²) in [6.45, 7) is -0.115. The van der Waals surface area contributed by atoms with Crippen molar-refractivity contribution in [1.29, 1.82) is 0 Å². The molecule has 0 atom stereocenters. The predicted octanol–water partition coefficient (Wildman–Crippen LogP) is 1.69. The molecule has 7 nitrogen and oxygen atoms in total. The van der Waals surface area contributed by atoms with Crippen molar-refractivity contribution < 1.29 is 9.18 Å². The standard InChI is InChI=1S/C14H11FN6OS/c15-12-7-6-11(23-12)8-16-17-13(22)9-21-19-14(18-20-21)10-4-2-1-3-5-10/h1-8H,9H2,(H,17,22)/b16-8+. The molecule has 9 heteroatoms. The van der Waals surface area contributed by atoms with Crippen LogP contribution in [0.15, 0.2) is 47.6 Å². The van der Waals surface area contributed by atoms with Crippen LogP contribution in [0.4, 0.5) is 4.39 Å². The summed E-state index contributed by atoms with van der Waals surface area (Å²) in [5, 5.41) is 15.3. The van der Waals surface area contributed by atoms with E-state index in [-0.39, 0.29) is 11.7 Å². The molecule has 0 aliphatic rings. The molecule has 116 valence electrons. The van der Waals surface area contributed by atoms with Gasteiger partial charge >= 0.3 is 0 Å². The fourth-order valence-electron chi connectivity index (χ4n) is 1.74. The van der Waals surface area contributed by atoms with Crippen LogP contribution >= 0.6 is 11.3 Å². The third-order valence-electron chi connectivity index (χ3n) is 2.74. The summed E-state index contributed by atoms with van der Waals surface area (Å²) in [4.78, 5) is 13.5. The van der Waals surface area contributed by atoms with Crippen LogP contribution in [0.3, 0.4) is 0 Å². The average molecular weight is 330 g/mol. The molecule has 0 unspecified atom stereocenters. The lowest BCUT2D eigenvalue weighted by atomic mass is 10.2. The van der Waals surface area contributed by atoms with Gasteiger partial charge in [0, 0.05) is 5.56 Å². The number of hydrogen-bond acceptors (Lipinski definition) is 6. The van der Waals surface area contributed by atoms with E-state index in [1.165, 1.54) is 17.1 Å². The first-order valence-electron chi connectivity index (χ1n) is 6.61. The summed E-state index contributed by atoms with van der Waals surface area (Å²) in [6.07, 6.45) is 1.37. The van der Waals surface area contributed by atoms with E-state index in [0.29, 0.717) is 10.7 Å². The average Bonchev–Trinajstić information content (AvgIpc) is 3.17. The molecule has 0 radical (unpaired) electrons. The maximum absolute atomic E-state index is 12.8. The summed E-state index contributed by atoms with van der Waals surface area (Å²) in [5.41, 5.74) is 3.14. The molecule has 23 heavy (non-hydrogen) atoms. The maximum atomic E-state index is 12.8. The fraction of sp³-hybridized carbons (Fsp3) is 0.0714. The molecule has 1 amide bonds. The number of nitrogens with zero attached hydrogens (tertiary/aromatic N) is 5. The number of carbonyl (C=O) groups excluding carboxylic acids is 1. The fourth-order valence-corrected chi connectivity index (χ4v) is 2.35. The molecular formula is C14H11FN6OS. The molecular weight excluding hydrogens is 319 g/mol. The summed E-state index contributed by atoms with van der Waals surface area (Å²) in [7, 11) is 0. The third kappa shape index (κ3) is 4.04. The molecule has 1 aromatic carbocycles. The molecule has 0 saturated heterocycles. The Labute approximate surface area is 134 Å². The lowest BCUT2D eigenvalue weighted by Crippen LogP contribution is -2.24. The lowest BCUT2D eigenvalue weighted by Gasteiger charge is -1.97. The van der Waals surface area contributed by atoms with Crippen LogP contribution in [0.5, 0.6) is 0 Å². The first-order valence-corrected chi connectivity index (χ1v) is 7.43. The Bertz CT molecular complexity index is 829. The van der Waals surface area contributed by atoms with Gasteiger partial charge < -0.3 is 0 Å². The van der Waals surface area contributed by atoms with Gasteiger partial charge in [0.05, 0.1) is 11.1 Å². The van der Waals surface area contributed by atoms with Crippen molar-refractivity contribution in [3.8, 4) is 11.4 Å². The molecule has 2 aromatic heterocycles. The van der Waals surface area contributed by atoms with Gasteiger partial charge in [-0.1, -0.05) is 30.3 Å². The molecule has 0 saturated carbocycles. The van der Waals surface area contributed by atoms with Crippen LogP contribution in [0.25, 0.3) is 11.4 Å². The smallest absolute Gasteiger partial charge is 0.263 e. The van der Waals surface area contributed by atoms with Crippen molar-refractivity contribution in [2.24, 2.45) is 5.10 Å². The molecule has 1 N–H and O–H groups in total. The number of hydrogen-bond donors (Lipinski definition) is 1. The Morgan fingerprint density at radius 2 is 2.13 bits per heavy atom. The van der Waals surface area contributed by atoms with Crippen molar-refractivity contribution in [2.45, 2.75) is 6.54 Å². The van der Waals surface area contributed by atoms with Crippen molar-refractivity contribution >= 4 is 23.5 Å². The number of thiophene rings is 1. The van der Waals surface area contributed by atoms with E-state index in [4.69, 9.17) is 0 Å². The monoisotopic (exact) mass is 330 g/mol. The Hall–Kier alpha value is -2.94. The number of benzene rings is 1. The zero-order valence-electron chi connectivity index (χ0n) is 11.8. The maximum Gasteiger partial charge on any atom is 0.263 e. The molecule has 0 spiro atoms. The summed E-state index contributed by atoms with van der Waals surface area (Å²) < 4.78 is 12.8. The Balaban J connectivity index is 1.56. The van der Waals surface area contributed by atoms with Crippen molar-refractivity contribution in [3.63, 3.8) is 0 Å². The second kappa shape index (κ2) is 6.88. The highest BCUT2D eigenvalue weighted by Gasteiger charge is 2.08. The zero-order valence-corrected chi connectivity index (χ0v) is 12.6. The van der Waals surface area contributed by atoms with E-state index >= 15 is 0 Å². The van der Waals surface area contributed by atoms with E-state index in [0.717, 1.165) is 16.9 Å². The highest BCUT2D eigenvalue weighted by molar-refractivity contribution is 7.12. The lowest BCUT2D eigenvalue weighted by molar-refractivity contribution is -0.122. The van der Waals surface area contributed by atoms with E-state index in [9.17, 15) is 9.18 Å². The largest absolute Gasteiger partial charge is 0.271 e. The van der Waals surface area contributed by atoms with E-state index < -0.39 is 5.91 Å². The first-order chi connectivity index (χ1) is 11.2. The number of carbonyl (C=O) groups is 1. The van der Waals surface area contributed by atoms with Gasteiger partial charge in [-0.15, -0.1) is 21.5 Å². The first kappa shape index (κ1) is 15.0. The highest BCUT2D eigenvalue weighted by Crippen LogP contribution is 2.12. The SMILES string of the molecule is O=C(Cn1nnc(-c2ccccc2)n1)N/N=C/c1ccc(F)s1. The van der Waals surface area contributed by atoms with Gasteiger partial charge in [0.2, 0.25) is 5.82 Å². The summed E-state index contributed by atoms with van der Waals surface area (Å²) >= 11 is 0.937. The van der Waals surface area contributed by atoms with Gasteiger partial charge in [0.15, 0.2) is 5.13 Å². The summed E-state index contributed by atoms with van der Waals surface area (Å²) in [6, 6.07) is 12.2. The van der Waals surface area contributed by atoms with Crippen molar-refractivity contribution in [2.75, 3.05) is 0 Å². The van der Waals surface area contributed by atoms with Gasteiger partial charge in [-0.2, -0.15) is 14.3 Å². The molecule has 3 aromatic rings. The van der Waals surface area contributed by atoms with E-state index in [2.05, 4.69) is 25.9 Å². The topological polar surface area (TPSA) is 85.1 Å². The predicted molar refractivity (Wildman–Crippen MR) is 83.3 cm³/mol. The van der Waals surface area contributed by atoms with Crippen molar-refractivity contribution in [3.05, 3.63) is 52.5 Å². The number of tetrazole rings is 1. The van der Waals surface area contributed by atoms with Crippen LogP contribution in [-0.4, -0.2) is 32.3 Å². The van der Waals surface area contributed by atoms with Gasteiger partial charge in [0.1, 0.15) is 6.54 Å². The van der Waals surface area contributed by atoms with Gasteiger partial charge in [-0.3, -0.25) is 4.79 Å². The number of hydrazone groups is 1. The van der Waals surface area contributed by atoms with Gasteiger partial charge in [0.25, 0.3) is 5.91 Å². The Morgan fingerprint density at radius 1 is 1.30 bits per heavy atom. The number of rotatable bonds is 5. The number of nitrogens with one attached hydrogen (secondary N) is 1. The van der Waals surface area contributed by atoms with E-state index in [1.54, 1.807) is 6.07 Å². The molecule has 0 aliphatic heterocycles. The molecule has 2 heterocycles. The molecule has 0 bridgehead atoms. The van der Waals surface area contributed by atoms with Crippen LogP contribution in [0, 0.1) is 5.13 Å². The second-order valence-electron chi connectivity index (χ2n) is 4.44.